The zero-order valence-corrected chi connectivity index (χ0v) is 18.3. The molecule has 1 unspecified atom stereocenters. The number of aromatic nitrogens is 3. The molecule has 0 amide bonds. The van der Waals surface area contributed by atoms with Crippen molar-refractivity contribution < 1.29 is 4.87 Å². The molecule has 1 aliphatic carbocycles. The molecule has 0 saturated carbocycles. The molecule has 0 fully saturated rings. The molecule has 1 atom stereocenters. The maximum Gasteiger partial charge on any atom is 0.305 e. The number of benzene rings is 1. The lowest BCUT2D eigenvalue weighted by molar-refractivity contribution is -0.729. The third-order valence-electron chi connectivity index (χ3n) is 5.61. The van der Waals surface area contributed by atoms with E-state index in [0.29, 0.717) is 6.54 Å². The number of nitrogens with one attached hydrogen (secondary N) is 2. The normalized spacial score (nSPS) is 16.0. The minimum atomic E-state index is -0.0610. The zero-order valence-electron chi connectivity index (χ0n) is 16.6. The number of hydrogen-bond donors (Lipinski definition) is 2. The summed E-state index contributed by atoms with van der Waals surface area (Å²) in [6.45, 7) is 2.68. The molecule has 0 saturated heterocycles. The Hall–Kier alpha value is -2.85. The largest absolute Gasteiger partial charge is 0.340 e. The molecular formula is C20H21N6O2S2+. The fourth-order valence-electron chi connectivity index (χ4n) is 3.95. The number of aryl methyl sites for hydroxylation is 1. The molecule has 0 aliphatic heterocycles. The number of hydrogen-bond acceptors (Lipinski definition) is 7. The number of rotatable bonds is 5. The van der Waals surface area contributed by atoms with Crippen LogP contribution >= 0.6 is 22.7 Å². The Morgan fingerprint density at radius 1 is 1.33 bits per heavy atom. The van der Waals surface area contributed by atoms with Crippen LogP contribution in [0.3, 0.4) is 0 Å². The molecular weight excluding hydrogens is 420 g/mol. The van der Waals surface area contributed by atoms with E-state index in [-0.39, 0.29) is 10.9 Å². The second-order valence-corrected chi connectivity index (χ2v) is 9.53. The molecule has 1 aromatic carbocycles. The second kappa shape index (κ2) is 7.44. The van der Waals surface area contributed by atoms with E-state index >= 15 is 0 Å². The van der Waals surface area contributed by atoms with E-state index in [0.717, 1.165) is 56.1 Å². The van der Waals surface area contributed by atoms with Crippen molar-refractivity contribution >= 4 is 54.6 Å². The number of nitroso groups, excluding NO2 is 1. The van der Waals surface area contributed by atoms with Crippen LogP contribution in [0.1, 0.15) is 23.8 Å². The number of anilines is 2. The monoisotopic (exact) mass is 441 g/mol. The Labute approximate surface area is 180 Å². The molecule has 30 heavy (non-hydrogen) atoms. The number of hydrazine groups is 1. The van der Waals surface area contributed by atoms with Gasteiger partial charge in [0.25, 0.3) is 0 Å². The van der Waals surface area contributed by atoms with Gasteiger partial charge in [-0.15, -0.1) is 16.3 Å². The van der Waals surface area contributed by atoms with Crippen molar-refractivity contribution in [1.82, 2.24) is 20.0 Å². The smallest absolute Gasteiger partial charge is 0.305 e. The molecule has 0 bridgehead atoms. The Morgan fingerprint density at radius 2 is 2.20 bits per heavy atom. The van der Waals surface area contributed by atoms with Crippen LogP contribution < -0.4 is 10.2 Å². The number of nitrogens with zero attached hydrogens (tertiary/aromatic N) is 4. The van der Waals surface area contributed by atoms with Gasteiger partial charge < -0.3 is 10.3 Å². The standard InChI is InChI=1S/C20H20N6O2S2/c1-3-25(2)26(28)12-5-6-13-15(9-12)29-19-17(13)18(21-10-22-19)23-11-4-7-14-16(8-11)30-20(27)24-14/h4,7-8,10,12H,3,5-6,9H2,1-2H3,(H-,21,22,23,24,27)/p+1. The number of H-pyrrole nitrogens is 1. The number of thiophene rings is 1. The van der Waals surface area contributed by atoms with Crippen molar-refractivity contribution in [2.45, 2.75) is 32.2 Å². The molecule has 0 radical (unpaired) electrons. The predicted octanol–water partition coefficient (Wildman–Crippen LogP) is 3.84. The minimum Gasteiger partial charge on any atom is -0.340 e. The van der Waals surface area contributed by atoms with E-state index in [2.05, 4.69) is 20.3 Å². The summed E-state index contributed by atoms with van der Waals surface area (Å²) in [6, 6.07) is 5.74. The molecule has 0 spiro atoms. The van der Waals surface area contributed by atoms with Gasteiger partial charge in [-0.2, -0.15) is 0 Å². The van der Waals surface area contributed by atoms with Crippen LogP contribution in [0.5, 0.6) is 0 Å². The molecule has 1 aliphatic rings. The molecule has 4 aromatic rings. The van der Waals surface area contributed by atoms with Crippen molar-refractivity contribution in [3.8, 4) is 0 Å². The summed E-state index contributed by atoms with van der Waals surface area (Å²) in [5.74, 6) is 0.767. The Bertz CT molecular complexity index is 1320. The van der Waals surface area contributed by atoms with Crippen LogP contribution in [-0.4, -0.2) is 44.5 Å². The van der Waals surface area contributed by atoms with Gasteiger partial charge in [0, 0.05) is 17.0 Å². The van der Waals surface area contributed by atoms with E-state index in [4.69, 9.17) is 0 Å². The molecule has 5 rings (SSSR count). The Morgan fingerprint density at radius 3 is 3.03 bits per heavy atom. The SMILES string of the molecule is CCN(C)[N+](=O)C1CCc2c(sc3ncnc(Nc4ccc5[nH]c(=O)sc5c4)c23)C1. The Balaban J connectivity index is 1.49. The lowest BCUT2D eigenvalue weighted by Gasteiger charge is -2.19. The highest BCUT2D eigenvalue weighted by Gasteiger charge is 2.35. The number of aromatic amines is 1. The average molecular weight is 442 g/mol. The van der Waals surface area contributed by atoms with Gasteiger partial charge in [0.15, 0.2) is 0 Å². The van der Waals surface area contributed by atoms with Gasteiger partial charge in [-0.05, 0) is 37.1 Å². The fraction of sp³-hybridized carbons (Fsp3) is 0.350. The highest BCUT2D eigenvalue weighted by molar-refractivity contribution is 7.19. The first-order valence-corrected chi connectivity index (χ1v) is 11.5. The van der Waals surface area contributed by atoms with E-state index in [1.807, 2.05) is 32.2 Å². The van der Waals surface area contributed by atoms with E-state index < -0.39 is 0 Å². The quantitative estimate of drug-likeness (QED) is 0.361. The first kappa shape index (κ1) is 19.1. The molecule has 154 valence electrons. The summed E-state index contributed by atoms with van der Waals surface area (Å²) < 4.78 is 0.904. The molecule has 10 heteroatoms. The zero-order chi connectivity index (χ0) is 20.8. The van der Waals surface area contributed by atoms with E-state index in [1.165, 1.54) is 21.8 Å². The number of thiazole rings is 1. The maximum atomic E-state index is 12.6. The average Bonchev–Trinajstić information content (AvgIpc) is 3.31. The van der Waals surface area contributed by atoms with Gasteiger partial charge >= 0.3 is 4.87 Å². The summed E-state index contributed by atoms with van der Waals surface area (Å²) in [5.41, 5.74) is 2.96. The topological polar surface area (TPSA) is 94.0 Å². The first-order valence-electron chi connectivity index (χ1n) is 9.86. The fourth-order valence-corrected chi connectivity index (χ4v) is 5.99. The minimum absolute atomic E-state index is 0.0429. The molecule has 3 aromatic heterocycles. The highest BCUT2D eigenvalue weighted by atomic mass is 32.1. The first-order chi connectivity index (χ1) is 14.5. The molecule has 3 heterocycles. The van der Waals surface area contributed by atoms with Gasteiger partial charge in [0.05, 0.1) is 40.5 Å². The summed E-state index contributed by atoms with van der Waals surface area (Å²) in [4.78, 5) is 39.2. The molecule has 8 nitrogen and oxygen atoms in total. The lowest BCUT2D eigenvalue weighted by Crippen LogP contribution is -2.40. The van der Waals surface area contributed by atoms with Crippen molar-refractivity contribution in [3.63, 3.8) is 0 Å². The van der Waals surface area contributed by atoms with Gasteiger partial charge in [-0.25, -0.2) is 9.97 Å². The van der Waals surface area contributed by atoms with Crippen molar-refractivity contribution in [1.29, 1.82) is 0 Å². The van der Waals surface area contributed by atoms with Crippen LogP contribution in [0.25, 0.3) is 20.4 Å². The van der Waals surface area contributed by atoms with E-state index in [9.17, 15) is 9.70 Å². The van der Waals surface area contributed by atoms with Crippen molar-refractivity contribution in [2.75, 3.05) is 18.9 Å². The van der Waals surface area contributed by atoms with Crippen LogP contribution in [-0.2, 0) is 12.8 Å². The van der Waals surface area contributed by atoms with Crippen LogP contribution in [0, 0.1) is 4.91 Å². The van der Waals surface area contributed by atoms with Gasteiger partial charge in [-0.3, -0.25) is 4.79 Å². The third-order valence-corrected chi connectivity index (χ3v) is 7.62. The van der Waals surface area contributed by atoms with E-state index in [1.54, 1.807) is 22.7 Å². The summed E-state index contributed by atoms with van der Waals surface area (Å²) in [5, 5.41) is 6.18. The van der Waals surface area contributed by atoms with Crippen molar-refractivity contribution in [3.05, 3.63) is 49.5 Å². The lowest BCUT2D eigenvalue weighted by atomic mass is 9.93. The highest BCUT2D eigenvalue weighted by Crippen LogP contribution is 2.39. The number of fused-ring (bicyclic) bond motifs is 4. The third kappa shape index (κ3) is 3.25. The van der Waals surface area contributed by atoms with Crippen LogP contribution in [0.15, 0.2) is 29.3 Å². The summed E-state index contributed by atoms with van der Waals surface area (Å²) in [7, 11) is 1.83. The van der Waals surface area contributed by atoms with Gasteiger partial charge in [-0.1, -0.05) is 11.3 Å². The van der Waals surface area contributed by atoms with Crippen LogP contribution in [0.2, 0.25) is 0 Å². The van der Waals surface area contributed by atoms with Gasteiger partial charge in [0.1, 0.15) is 21.8 Å². The van der Waals surface area contributed by atoms with Crippen molar-refractivity contribution in [2.24, 2.45) is 0 Å². The molecule has 2 N–H and O–H groups in total. The Kier molecular flexibility index (Phi) is 4.75. The predicted molar refractivity (Wildman–Crippen MR) is 121 cm³/mol. The summed E-state index contributed by atoms with van der Waals surface area (Å²) in [6.07, 6.45) is 3.94. The van der Waals surface area contributed by atoms with Crippen LogP contribution in [0.4, 0.5) is 11.5 Å². The summed E-state index contributed by atoms with van der Waals surface area (Å²) >= 11 is 2.84. The van der Waals surface area contributed by atoms with Gasteiger partial charge in [0.2, 0.25) is 6.04 Å². The second-order valence-electron chi connectivity index (χ2n) is 7.43. The maximum absolute atomic E-state index is 12.6.